The van der Waals surface area contributed by atoms with Gasteiger partial charge in [-0.3, -0.25) is 0 Å². The van der Waals surface area contributed by atoms with E-state index in [4.69, 9.17) is 5.11 Å². The molecule has 0 unspecified atom stereocenters. The van der Waals surface area contributed by atoms with E-state index in [9.17, 15) is 4.79 Å². The molecule has 2 aromatic heterocycles. The molecule has 2 heterocycles. The topological polar surface area (TPSA) is 80.9 Å². The van der Waals surface area contributed by atoms with Crippen LogP contribution in [0.2, 0.25) is 0 Å². The Kier molecular flexibility index (Phi) is 3.42. The van der Waals surface area contributed by atoms with Crippen LogP contribution in [0.3, 0.4) is 0 Å². The summed E-state index contributed by atoms with van der Waals surface area (Å²) in [5.41, 5.74) is 1.56. The first-order valence-electron chi connectivity index (χ1n) is 5.66. The Balaban J connectivity index is 2.53. The number of aromatic nitrogens is 4. The number of nitrogens with zero attached hydrogens (tertiary/aromatic N) is 4. The second-order valence-electron chi connectivity index (χ2n) is 3.99. The molecule has 0 aromatic carbocycles. The third kappa shape index (κ3) is 2.13. The van der Waals surface area contributed by atoms with Crippen LogP contribution in [0.1, 0.15) is 40.1 Å². The van der Waals surface area contributed by atoms with E-state index in [1.165, 1.54) is 16.0 Å². The minimum absolute atomic E-state index is 0.0161. The van der Waals surface area contributed by atoms with Crippen LogP contribution in [0.15, 0.2) is 0 Å². The van der Waals surface area contributed by atoms with Crippen molar-refractivity contribution in [3.05, 3.63) is 22.0 Å². The lowest BCUT2D eigenvalue weighted by atomic mass is 10.2. The van der Waals surface area contributed by atoms with Crippen molar-refractivity contribution in [1.29, 1.82) is 0 Å². The van der Waals surface area contributed by atoms with E-state index >= 15 is 0 Å². The number of aromatic carboxylic acids is 1. The molecule has 0 saturated carbocycles. The summed E-state index contributed by atoms with van der Waals surface area (Å²) in [6, 6.07) is 0. The Morgan fingerprint density at radius 1 is 1.44 bits per heavy atom. The molecule has 0 aliphatic carbocycles. The standard InChI is InChI=1S/C11H14N4O2S/c1-4-5-8-9(10(16)17)13-14-15(8)11-12-6(2)7(3)18-11/h4-5H2,1-3H3,(H,16,17). The number of hydrogen-bond acceptors (Lipinski definition) is 5. The SMILES string of the molecule is CCCc1c(C(=O)O)nnn1-c1nc(C)c(C)s1. The van der Waals surface area contributed by atoms with Crippen LogP contribution in [-0.2, 0) is 6.42 Å². The molecule has 1 N–H and O–H groups in total. The van der Waals surface area contributed by atoms with Gasteiger partial charge < -0.3 is 5.11 Å². The summed E-state index contributed by atoms with van der Waals surface area (Å²) >= 11 is 1.49. The number of carboxylic acid groups (broad SMARTS) is 1. The number of carbonyl (C=O) groups is 1. The van der Waals surface area contributed by atoms with Gasteiger partial charge in [0.25, 0.3) is 0 Å². The van der Waals surface area contributed by atoms with Gasteiger partial charge in [0.15, 0.2) is 5.69 Å². The highest BCUT2D eigenvalue weighted by molar-refractivity contribution is 7.14. The van der Waals surface area contributed by atoms with Crippen molar-refractivity contribution in [2.75, 3.05) is 0 Å². The molecule has 0 bridgehead atoms. The normalized spacial score (nSPS) is 10.8. The Labute approximate surface area is 108 Å². The number of thiazole rings is 1. The first kappa shape index (κ1) is 12.7. The van der Waals surface area contributed by atoms with Crippen molar-refractivity contribution in [3.63, 3.8) is 0 Å². The number of hydrogen-bond donors (Lipinski definition) is 1. The zero-order valence-corrected chi connectivity index (χ0v) is 11.3. The van der Waals surface area contributed by atoms with Gasteiger partial charge in [-0.05, 0) is 20.3 Å². The maximum atomic E-state index is 11.1. The number of rotatable bonds is 4. The van der Waals surface area contributed by atoms with Gasteiger partial charge in [0.2, 0.25) is 5.13 Å². The van der Waals surface area contributed by atoms with Crippen molar-refractivity contribution >= 4 is 17.3 Å². The molecule has 7 heteroatoms. The summed E-state index contributed by atoms with van der Waals surface area (Å²) in [6.45, 7) is 5.89. The first-order valence-corrected chi connectivity index (χ1v) is 6.48. The predicted octanol–water partition coefficient (Wildman–Crippen LogP) is 1.99. The monoisotopic (exact) mass is 266 g/mol. The number of carboxylic acids is 1. The van der Waals surface area contributed by atoms with Crippen LogP contribution >= 0.6 is 11.3 Å². The summed E-state index contributed by atoms with van der Waals surface area (Å²) in [7, 11) is 0. The van der Waals surface area contributed by atoms with Gasteiger partial charge in [0, 0.05) is 4.88 Å². The van der Waals surface area contributed by atoms with E-state index in [1.807, 2.05) is 20.8 Å². The van der Waals surface area contributed by atoms with Crippen molar-refractivity contribution in [3.8, 4) is 5.13 Å². The van der Waals surface area contributed by atoms with Crippen molar-refractivity contribution < 1.29 is 9.90 Å². The molecular formula is C11H14N4O2S. The maximum Gasteiger partial charge on any atom is 0.358 e. The van der Waals surface area contributed by atoms with Crippen LogP contribution in [-0.4, -0.2) is 31.1 Å². The summed E-state index contributed by atoms with van der Waals surface area (Å²) in [4.78, 5) is 16.6. The molecule has 0 amide bonds. The van der Waals surface area contributed by atoms with E-state index in [-0.39, 0.29) is 5.69 Å². The lowest BCUT2D eigenvalue weighted by Gasteiger charge is -2.01. The second kappa shape index (κ2) is 4.85. The summed E-state index contributed by atoms with van der Waals surface area (Å²) in [5.74, 6) is -1.05. The average Bonchev–Trinajstić information content (AvgIpc) is 2.84. The minimum atomic E-state index is -1.05. The Morgan fingerprint density at radius 2 is 2.17 bits per heavy atom. The zero-order chi connectivity index (χ0) is 13.3. The smallest absolute Gasteiger partial charge is 0.358 e. The lowest BCUT2D eigenvalue weighted by Crippen LogP contribution is -2.06. The molecule has 18 heavy (non-hydrogen) atoms. The van der Waals surface area contributed by atoms with Gasteiger partial charge in [0.1, 0.15) is 0 Å². The van der Waals surface area contributed by atoms with E-state index in [0.29, 0.717) is 17.2 Å². The molecule has 0 fully saturated rings. The van der Waals surface area contributed by atoms with Crippen LogP contribution in [0.25, 0.3) is 5.13 Å². The molecule has 0 atom stereocenters. The van der Waals surface area contributed by atoms with Crippen LogP contribution in [0, 0.1) is 13.8 Å². The second-order valence-corrected chi connectivity index (χ2v) is 5.17. The largest absolute Gasteiger partial charge is 0.476 e. The summed E-state index contributed by atoms with van der Waals surface area (Å²) < 4.78 is 1.54. The van der Waals surface area contributed by atoms with E-state index in [2.05, 4.69) is 15.3 Å². The van der Waals surface area contributed by atoms with Gasteiger partial charge in [0.05, 0.1) is 11.4 Å². The van der Waals surface area contributed by atoms with Crippen molar-refractivity contribution in [1.82, 2.24) is 20.0 Å². The van der Waals surface area contributed by atoms with Crippen molar-refractivity contribution in [2.24, 2.45) is 0 Å². The van der Waals surface area contributed by atoms with Gasteiger partial charge in [-0.15, -0.1) is 5.10 Å². The Bertz CT molecular complexity index is 568. The average molecular weight is 266 g/mol. The van der Waals surface area contributed by atoms with Crippen LogP contribution in [0.5, 0.6) is 0 Å². The quantitative estimate of drug-likeness (QED) is 0.915. The van der Waals surface area contributed by atoms with Crippen LogP contribution < -0.4 is 0 Å². The lowest BCUT2D eigenvalue weighted by molar-refractivity contribution is 0.0689. The highest BCUT2D eigenvalue weighted by atomic mass is 32.1. The molecule has 0 aliphatic rings. The third-order valence-corrected chi connectivity index (χ3v) is 3.70. The molecule has 6 nitrogen and oxygen atoms in total. The molecular weight excluding hydrogens is 252 g/mol. The summed E-state index contributed by atoms with van der Waals surface area (Å²) in [5, 5.41) is 17.4. The molecule has 2 rings (SSSR count). The Morgan fingerprint density at radius 3 is 2.67 bits per heavy atom. The fourth-order valence-corrected chi connectivity index (χ4v) is 2.51. The van der Waals surface area contributed by atoms with Gasteiger partial charge in [-0.25, -0.2) is 9.78 Å². The Hall–Kier alpha value is -1.76. The summed E-state index contributed by atoms with van der Waals surface area (Å²) in [6.07, 6.45) is 1.45. The van der Waals surface area contributed by atoms with E-state index in [1.54, 1.807) is 0 Å². The van der Waals surface area contributed by atoms with Gasteiger partial charge >= 0.3 is 5.97 Å². The van der Waals surface area contributed by atoms with E-state index < -0.39 is 5.97 Å². The van der Waals surface area contributed by atoms with Gasteiger partial charge in [-0.2, -0.15) is 4.68 Å². The molecule has 96 valence electrons. The fourth-order valence-electron chi connectivity index (χ4n) is 1.63. The van der Waals surface area contributed by atoms with Gasteiger partial charge in [-0.1, -0.05) is 29.9 Å². The highest BCUT2D eigenvalue weighted by Crippen LogP contribution is 2.22. The number of aryl methyl sites for hydroxylation is 2. The molecule has 0 radical (unpaired) electrons. The zero-order valence-electron chi connectivity index (χ0n) is 10.5. The highest BCUT2D eigenvalue weighted by Gasteiger charge is 2.20. The van der Waals surface area contributed by atoms with Crippen LogP contribution in [0.4, 0.5) is 0 Å². The minimum Gasteiger partial charge on any atom is -0.476 e. The third-order valence-electron chi connectivity index (χ3n) is 2.65. The predicted molar refractivity (Wildman–Crippen MR) is 67.5 cm³/mol. The molecule has 0 aliphatic heterocycles. The molecule has 0 saturated heterocycles. The fraction of sp³-hybridized carbons (Fsp3) is 0.455. The first-order chi connectivity index (χ1) is 8.54. The van der Waals surface area contributed by atoms with Crippen molar-refractivity contribution in [2.45, 2.75) is 33.6 Å². The molecule has 2 aromatic rings. The van der Waals surface area contributed by atoms with E-state index in [0.717, 1.165) is 17.0 Å². The maximum absolute atomic E-state index is 11.1. The molecule has 0 spiro atoms.